The molecule has 1 saturated heterocycles. The molecular weight excluding hydrogens is 659 g/mol. The van der Waals surface area contributed by atoms with Crippen LogP contribution in [0.5, 0.6) is 0 Å². The van der Waals surface area contributed by atoms with E-state index in [9.17, 15) is 22.8 Å². The SMILES string of the molecule is CCCCCc1ccc(CN(C(=O)/C=C/c2ccc(C(F)(F)F)cc2)[C@@H](Cc2ccccc2)C(=O)N2CCN(c3ccc(Cl)cc3)CC2)cc1. The van der Waals surface area contributed by atoms with Gasteiger partial charge in [-0.3, -0.25) is 9.59 Å². The van der Waals surface area contributed by atoms with Crippen LogP contribution in [0.4, 0.5) is 18.9 Å². The Morgan fingerprint density at radius 2 is 1.44 bits per heavy atom. The molecular formula is C41H43ClF3N3O2. The molecule has 1 heterocycles. The summed E-state index contributed by atoms with van der Waals surface area (Å²) in [5.74, 6) is -0.539. The van der Waals surface area contributed by atoms with Crippen molar-refractivity contribution in [2.75, 3.05) is 31.1 Å². The van der Waals surface area contributed by atoms with Crippen LogP contribution >= 0.6 is 11.6 Å². The van der Waals surface area contributed by atoms with Gasteiger partial charge in [0.1, 0.15) is 6.04 Å². The van der Waals surface area contributed by atoms with Crippen molar-refractivity contribution < 1.29 is 22.8 Å². The Morgan fingerprint density at radius 1 is 0.800 bits per heavy atom. The lowest BCUT2D eigenvalue weighted by Crippen LogP contribution is -2.56. The van der Waals surface area contributed by atoms with Crippen molar-refractivity contribution in [2.45, 2.75) is 57.8 Å². The fraction of sp³-hybridized carbons (Fsp3) is 0.317. The molecule has 0 aliphatic carbocycles. The van der Waals surface area contributed by atoms with Crippen LogP contribution in [0.1, 0.15) is 54.0 Å². The summed E-state index contributed by atoms with van der Waals surface area (Å²) in [5, 5.41) is 0.662. The van der Waals surface area contributed by atoms with Crippen LogP contribution in [0.3, 0.4) is 0 Å². The number of benzene rings is 4. The van der Waals surface area contributed by atoms with Gasteiger partial charge in [-0.25, -0.2) is 0 Å². The number of aryl methyl sites for hydroxylation is 1. The second-order valence-electron chi connectivity index (χ2n) is 12.7. The van der Waals surface area contributed by atoms with Crippen LogP contribution in [-0.4, -0.2) is 53.8 Å². The number of nitrogens with zero attached hydrogens (tertiary/aromatic N) is 3. The number of unbranched alkanes of at least 4 members (excludes halogenated alkanes) is 2. The van der Waals surface area contributed by atoms with E-state index in [1.165, 1.54) is 29.8 Å². The van der Waals surface area contributed by atoms with Crippen molar-refractivity contribution in [2.24, 2.45) is 0 Å². The molecule has 0 N–H and O–H groups in total. The lowest BCUT2D eigenvalue weighted by Gasteiger charge is -2.40. The first-order valence-corrected chi connectivity index (χ1v) is 17.6. The molecule has 4 aromatic carbocycles. The smallest absolute Gasteiger partial charge is 0.368 e. The van der Waals surface area contributed by atoms with Crippen molar-refractivity contribution >= 4 is 35.2 Å². The number of rotatable bonds is 13. The highest BCUT2D eigenvalue weighted by molar-refractivity contribution is 6.30. The maximum atomic E-state index is 14.5. The molecule has 0 aromatic heterocycles. The largest absolute Gasteiger partial charge is 0.416 e. The van der Waals surface area contributed by atoms with E-state index < -0.39 is 23.7 Å². The predicted octanol–water partition coefficient (Wildman–Crippen LogP) is 9.09. The molecule has 0 unspecified atom stereocenters. The first kappa shape index (κ1) is 36.7. The van der Waals surface area contributed by atoms with Gasteiger partial charge in [0.15, 0.2) is 0 Å². The Labute approximate surface area is 298 Å². The zero-order valence-electron chi connectivity index (χ0n) is 28.3. The highest BCUT2D eigenvalue weighted by Gasteiger charge is 2.34. The summed E-state index contributed by atoms with van der Waals surface area (Å²) in [4.78, 5) is 34.3. The van der Waals surface area contributed by atoms with Gasteiger partial charge in [0.25, 0.3) is 0 Å². The molecule has 0 saturated carbocycles. The Balaban J connectivity index is 1.42. The minimum Gasteiger partial charge on any atom is -0.368 e. The van der Waals surface area contributed by atoms with E-state index in [1.807, 2.05) is 71.6 Å². The predicted molar refractivity (Wildman–Crippen MR) is 195 cm³/mol. The molecule has 0 bridgehead atoms. The maximum absolute atomic E-state index is 14.5. The number of hydrogen-bond donors (Lipinski definition) is 0. The standard InChI is InChI=1S/C41H43ClF3N3O2/c1-2-3-5-8-31-11-13-34(14-12-31)30-48(39(49)24-17-32-15-18-35(19-16-32)41(43,44)45)38(29-33-9-6-4-7-10-33)40(50)47-27-25-46(26-28-47)37-22-20-36(42)21-23-37/h4,6-7,9-24,38H,2-3,5,8,25-30H2,1H3/b24-17+/t38-/m0/s1. The van der Waals surface area contributed by atoms with Gasteiger partial charge < -0.3 is 14.7 Å². The monoisotopic (exact) mass is 701 g/mol. The van der Waals surface area contributed by atoms with Gasteiger partial charge in [-0.1, -0.05) is 98.1 Å². The topological polar surface area (TPSA) is 43.9 Å². The summed E-state index contributed by atoms with van der Waals surface area (Å²) >= 11 is 6.09. The van der Waals surface area contributed by atoms with Gasteiger partial charge in [-0.2, -0.15) is 13.2 Å². The van der Waals surface area contributed by atoms with E-state index in [1.54, 1.807) is 4.90 Å². The minimum absolute atomic E-state index is 0.142. The normalized spacial score (nSPS) is 14.2. The van der Waals surface area contributed by atoms with Crippen LogP contribution in [-0.2, 0) is 35.2 Å². The maximum Gasteiger partial charge on any atom is 0.416 e. The fourth-order valence-corrected chi connectivity index (χ4v) is 6.32. The quantitative estimate of drug-likeness (QED) is 0.103. The molecule has 50 heavy (non-hydrogen) atoms. The van der Waals surface area contributed by atoms with Crippen LogP contribution < -0.4 is 4.90 Å². The Hall–Kier alpha value is -4.56. The lowest BCUT2D eigenvalue weighted by atomic mass is 10.0. The third kappa shape index (κ3) is 10.2. The Kier molecular flexibility index (Phi) is 12.8. The van der Waals surface area contributed by atoms with E-state index in [-0.39, 0.29) is 12.5 Å². The number of halogens is 4. The van der Waals surface area contributed by atoms with E-state index >= 15 is 0 Å². The summed E-state index contributed by atoms with van der Waals surface area (Å²) in [6, 6.07) is 29.3. The van der Waals surface area contributed by atoms with E-state index in [0.717, 1.165) is 54.6 Å². The third-order valence-corrected chi connectivity index (χ3v) is 9.35. The average Bonchev–Trinajstić information content (AvgIpc) is 3.13. The lowest BCUT2D eigenvalue weighted by molar-refractivity contribution is -0.144. The Morgan fingerprint density at radius 3 is 2.06 bits per heavy atom. The van der Waals surface area contributed by atoms with Crippen LogP contribution in [0.15, 0.2) is 109 Å². The molecule has 1 atom stereocenters. The molecule has 1 aliphatic rings. The van der Waals surface area contributed by atoms with Gasteiger partial charge in [0, 0.05) is 55.9 Å². The number of carbonyl (C=O) groups excluding carboxylic acids is 2. The van der Waals surface area contributed by atoms with Gasteiger partial charge in [-0.05, 0) is 77.6 Å². The van der Waals surface area contributed by atoms with E-state index in [0.29, 0.717) is 43.2 Å². The molecule has 4 aromatic rings. The molecule has 1 aliphatic heterocycles. The minimum atomic E-state index is -4.45. The highest BCUT2D eigenvalue weighted by atomic mass is 35.5. The zero-order valence-corrected chi connectivity index (χ0v) is 29.0. The molecule has 1 fully saturated rings. The summed E-state index contributed by atoms with van der Waals surface area (Å²) in [6.45, 7) is 4.61. The van der Waals surface area contributed by atoms with Gasteiger partial charge in [0.05, 0.1) is 5.56 Å². The van der Waals surface area contributed by atoms with E-state index in [2.05, 4.69) is 24.0 Å². The molecule has 9 heteroatoms. The third-order valence-electron chi connectivity index (χ3n) is 9.10. The molecule has 0 radical (unpaired) electrons. The molecule has 0 spiro atoms. The summed E-state index contributed by atoms with van der Waals surface area (Å²) < 4.78 is 39.4. The van der Waals surface area contributed by atoms with Crippen LogP contribution in [0.25, 0.3) is 6.08 Å². The van der Waals surface area contributed by atoms with Gasteiger partial charge >= 0.3 is 6.18 Å². The number of hydrogen-bond acceptors (Lipinski definition) is 3. The summed E-state index contributed by atoms with van der Waals surface area (Å²) in [6.07, 6.45) is 3.09. The first-order chi connectivity index (χ1) is 24.1. The number of alkyl halides is 3. The number of anilines is 1. The second-order valence-corrected chi connectivity index (χ2v) is 13.1. The van der Waals surface area contributed by atoms with E-state index in [4.69, 9.17) is 11.6 Å². The van der Waals surface area contributed by atoms with Crippen molar-refractivity contribution in [1.29, 1.82) is 0 Å². The van der Waals surface area contributed by atoms with Crippen molar-refractivity contribution in [3.8, 4) is 0 Å². The first-order valence-electron chi connectivity index (χ1n) is 17.2. The second kappa shape index (κ2) is 17.4. The van der Waals surface area contributed by atoms with Gasteiger partial charge in [-0.15, -0.1) is 0 Å². The van der Waals surface area contributed by atoms with Crippen molar-refractivity contribution in [1.82, 2.24) is 9.80 Å². The van der Waals surface area contributed by atoms with Crippen LogP contribution in [0.2, 0.25) is 5.02 Å². The molecule has 262 valence electrons. The number of carbonyl (C=O) groups is 2. The zero-order chi connectivity index (χ0) is 35.5. The molecule has 5 rings (SSSR count). The van der Waals surface area contributed by atoms with Crippen molar-refractivity contribution in [3.05, 3.63) is 142 Å². The highest BCUT2D eigenvalue weighted by Crippen LogP contribution is 2.29. The molecule has 5 nitrogen and oxygen atoms in total. The van der Waals surface area contributed by atoms with Crippen molar-refractivity contribution in [3.63, 3.8) is 0 Å². The molecule has 2 amide bonds. The number of piperazine rings is 1. The van der Waals surface area contributed by atoms with Gasteiger partial charge in [0.2, 0.25) is 11.8 Å². The summed E-state index contributed by atoms with van der Waals surface area (Å²) in [5.41, 5.74) is 3.75. The average molecular weight is 702 g/mol. The van der Waals surface area contributed by atoms with Crippen LogP contribution in [0, 0.1) is 0 Å². The summed E-state index contributed by atoms with van der Waals surface area (Å²) in [7, 11) is 0. The Bertz CT molecular complexity index is 1700. The number of amides is 2. The fourth-order valence-electron chi connectivity index (χ4n) is 6.19.